The molecule has 0 aliphatic rings. The standard InChI is InChI=1S/C33H57N3O9S3/c1-10-25(46-19-22(4)5)28(37)43-16-13-34-31(40)35(14-17-44-29(38)26(11-2)47-20-23(6)7)33(42)36(32(34)41)15-18-45-30(39)27(12-3)48-21-24(8)9/h22-27H,10-21H2,1-9H3. The number of aromatic nitrogens is 3. The summed E-state index contributed by atoms with van der Waals surface area (Å²) in [5.41, 5.74) is -2.74. The van der Waals surface area contributed by atoms with Gasteiger partial charge in [-0.2, -0.15) is 0 Å². The number of rotatable bonds is 24. The summed E-state index contributed by atoms with van der Waals surface area (Å²) < 4.78 is 18.8. The van der Waals surface area contributed by atoms with E-state index in [0.717, 1.165) is 31.0 Å². The molecule has 0 spiro atoms. The Hall–Kier alpha value is -2.13. The molecule has 15 heteroatoms. The SMILES string of the molecule is CCC(SCC(C)C)C(=O)OCCn1c(=O)n(CCOC(=O)C(CC)SCC(C)C)c(=O)n(CCOC(=O)C(CC)SCC(C)C)c1=O. The molecule has 0 amide bonds. The van der Waals surface area contributed by atoms with Gasteiger partial charge >= 0.3 is 35.0 Å². The Morgan fingerprint density at radius 3 is 0.917 bits per heavy atom. The Morgan fingerprint density at radius 1 is 0.500 bits per heavy atom. The van der Waals surface area contributed by atoms with Crippen molar-refractivity contribution in [3.05, 3.63) is 31.5 Å². The van der Waals surface area contributed by atoms with Crippen LogP contribution < -0.4 is 17.1 Å². The second-order valence-electron chi connectivity index (χ2n) is 12.7. The predicted molar refractivity (Wildman–Crippen MR) is 196 cm³/mol. The third-order valence-corrected chi connectivity index (χ3v) is 12.2. The Bertz CT molecular complexity index is 1140. The number of hydrogen-bond acceptors (Lipinski definition) is 12. The van der Waals surface area contributed by atoms with Gasteiger partial charge in [0, 0.05) is 0 Å². The Labute approximate surface area is 297 Å². The summed E-state index contributed by atoms with van der Waals surface area (Å²) in [5, 5.41) is -1.14. The highest BCUT2D eigenvalue weighted by Crippen LogP contribution is 2.21. The van der Waals surface area contributed by atoms with Crippen molar-refractivity contribution < 1.29 is 28.6 Å². The van der Waals surface area contributed by atoms with Gasteiger partial charge < -0.3 is 14.2 Å². The van der Waals surface area contributed by atoms with Crippen molar-refractivity contribution in [3.63, 3.8) is 0 Å². The summed E-state index contributed by atoms with van der Waals surface area (Å²) in [4.78, 5) is 78.4. The van der Waals surface area contributed by atoms with E-state index >= 15 is 0 Å². The fourth-order valence-corrected chi connectivity index (χ4v) is 7.40. The molecule has 0 radical (unpaired) electrons. The minimum absolute atomic E-state index is 0.259. The molecule has 0 saturated carbocycles. The van der Waals surface area contributed by atoms with Gasteiger partial charge in [-0.25, -0.2) is 28.1 Å². The lowest BCUT2D eigenvalue weighted by Crippen LogP contribution is -2.55. The van der Waals surface area contributed by atoms with Crippen LogP contribution in [0.15, 0.2) is 14.4 Å². The van der Waals surface area contributed by atoms with Crippen LogP contribution in [0, 0.1) is 17.8 Å². The molecule has 0 aromatic carbocycles. The molecule has 1 aromatic heterocycles. The lowest BCUT2D eigenvalue weighted by molar-refractivity contribution is -0.144. The predicted octanol–water partition coefficient (Wildman–Crippen LogP) is 4.30. The van der Waals surface area contributed by atoms with E-state index in [4.69, 9.17) is 14.2 Å². The maximum atomic E-state index is 13.4. The Balaban J connectivity index is 3.22. The molecule has 1 heterocycles. The van der Waals surface area contributed by atoms with Crippen LogP contribution in [-0.2, 0) is 48.2 Å². The zero-order valence-corrected chi connectivity index (χ0v) is 32.6. The molecular formula is C33H57N3O9S3. The fraction of sp³-hybridized carbons (Fsp3) is 0.818. The topological polar surface area (TPSA) is 145 Å². The van der Waals surface area contributed by atoms with Gasteiger partial charge in [0.2, 0.25) is 0 Å². The average molecular weight is 736 g/mol. The number of nitrogens with zero attached hydrogens (tertiary/aromatic N) is 3. The highest BCUT2D eigenvalue weighted by molar-refractivity contribution is 8.01. The molecule has 3 unspecified atom stereocenters. The van der Waals surface area contributed by atoms with Crippen LogP contribution in [0.5, 0.6) is 0 Å². The lowest BCUT2D eigenvalue weighted by Gasteiger charge is -2.18. The normalized spacial score (nSPS) is 13.5. The summed E-state index contributed by atoms with van der Waals surface area (Å²) in [6.07, 6.45) is 1.69. The third kappa shape index (κ3) is 15.2. The molecule has 0 saturated heterocycles. The summed E-state index contributed by atoms with van der Waals surface area (Å²) in [6, 6.07) is 0. The van der Waals surface area contributed by atoms with Crippen LogP contribution in [-0.4, -0.2) is 84.4 Å². The van der Waals surface area contributed by atoms with E-state index < -0.39 is 35.0 Å². The van der Waals surface area contributed by atoms with E-state index in [9.17, 15) is 28.8 Å². The van der Waals surface area contributed by atoms with E-state index in [2.05, 4.69) is 41.5 Å². The number of hydrogen-bond donors (Lipinski definition) is 0. The fourth-order valence-electron chi connectivity index (χ4n) is 4.23. The monoisotopic (exact) mass is 735 g/mol. The highest BCUT2D eigenvalue weighted by Gasteiger charge is 2.23. The molecule has 0 aliphatic heterocycles. The molecule has 276 valence electrons. The van der Waals surface area contributed by atoms with Crippen LogP contribution in [0.25, 0.3) is 0 Å². The van der Waals surface area contributed by atoms with E-state index in [1.165, 1.54) is 35.3 Å². The zero-order valence-electron chi connectivity index (χ0n) is 30.2. The third-order valence-electron chi connectivity index (χ3n) is 6.86. The van der Waals surface area contributed by atoms with Gasteiger partial charge in [0.15, 0.2) is 0 Å². The summed E-state index contributed by atoms with van der Waals surface area (Å²) in [6.45, 7) is 16.3. The maximum Gasteiger partial charge on any atom is 0.336 e. The first kappa shape index (κ1) is 43.9. The quantitative estimate of drug-likeness (QED) is 0.110. The average Bonchev–Trinajstić information content (AvgIpc) is 3.02. The van der Waals surface area contributed by atoms with Crippen molar-refractivity contribution in [1.29, 1.82) is 0 Å². The van der Waals surface area contributed by atoms with Gasteiger partial charge in [-0.05, 0) is 54.3 Å². The van der Waals surface area contributed by atoms with Crippen molar-refractivity contribution in [3.8, 4) is 0 Å². The zero-order chi connectivity index (χ0) is 36.4. The van der Waals surface area contributed by atoms with E-state index in [1.807, 2.05) is 20.8 Å². The van der Waals surface area contributed by atoms with Gasteiger partial charge in [0.25, 0.3) is 0 Å². The molecule has 0 aliphatic carbocycles. The Morgan fingerprint density at radius 2 is 0.729 bits per heavy atom. The number of esters is 3. The molecule has 0 N–H and O–H groups in total. The molecule has 0 fully saturated rings. The van der Waals surface area contributed by atoms with E-state index in [-0.39, 0.29) is 55.2 Å². The van der Waals surface area contributed by atoms with Crippen LogP contribution in [0.4, 0.5) is 0 Å². The Kier molecular flexibility index (Phi) is 21.3. The van der Waals surface area contributed by atoms with Crippen LogP contribution in [0.3, 0.4) is 0 Å². The highest BCUT2D eigenvalue weighted by atomic mass is 32.2. The van der Waals surface area contributed by atoms with Crippen molar-refractivity contribution in [2.45, 2.75) is 117 Å². The molecule has 1 rings (SSSR count). The van der Waals surface area contributed by atoms with Crippen LogP contribution >= 0.6 is 35.3 Å². The first-order valence-electron chi connectivity index (χ1n) is 17.0. The van der Waals surface area contributed by atoms with Gasteiger partial charge in [0.05, 0.1) is 19.6 Å². The van der Waals surface area contributed by atoms with Gasteiger partial charge in [-0.1, -0.05) is 62.3 Å². The van der Waals surface area contributed by atoms with Crippen molar-refractivity contribution >= 4 is 53.2 Å². The van der Waals surface area contributed by atoms with Crippen LogP contribution in [0.1, 0.15) is 81.6 Å². The smallest absolute Gasteiger partial charge is 0.336 e. The van der Waals surface area contributed by atoms with Crippen molar-refractivity contribution in [1.82, 2.24) is 13.7 Å². The largest absolute Gasteiger partial charge is 0.463 e. The minimum atomic E-state index is -0.913. The molecule has 12 nitrogen and oxygen atoms in total. The van der Waals surface area contributed by atoms with Crippen molar-refractivity contribution in [2.24, 2.45) is 17.8 Å². The number of thioether (sulfide) groups is 3. The summed E-state index contributed by atoms with van der Waals surface area (Å²) in [5.74, 6) is 2.21. The summed E-state index contributed by atoms with van der Waals surface area (Å²) >= 11 is 4.49. The first-order chi connectivity index (χ1) is 22.7. The van der Waals surface area contributed by atoms with E-state index in [0.29, 0.717) is 37.0 Å². The minimum Gasteiger partial charge on any atom is -0.463 e. The molecular weight excluding hydrogens is 679 g/mol. The number of carbonyl (C=O) groups excluding carboxylic acids is 3. The molecule has 3 atom stereocenters. The van der Waals surface area contributed by atoms with Gasteiger partial charge in [-0.15, -0.1) is 35.3 Å². The molecule has 1 aromatic rings. The number of carbonyl (C=O) groups is 3. The van der Waals surface area contributed by atoms with Gasteiger partial charge in [0.1, 0.15) is 35.6 Å². The maximum absolute atomic E-state index is 13.4. The van der Waals surface area contributed by atoms with Crippen molar-refractivity contribution in [2.75, 3.05) is 37.1 Å². The lowest BCUT2D eigenvalue weighted by atomic mass is 10.3. The first-order valence-corrected chi connectivity index (χ1v) is 20.1. The molecule has 48 heavy (non-hydrogen) atoms. The second kappa shape index (κ2) is 23.3. The second-order valence-corrected chi connectivity index (χ2v) is 16.4. The van der Waals surface area contributed by atoms with Gasteiger partial charge in [-0.3, -0.25) is 14.4 Å². The summed E-state index contributed by atoms with van der Waals surface area (Å²) in [7, 11) is 0. The molecule has 0 bridgehead atoms. The van der Waals surface area contributed by atoms with E-state index in [1.54, 1.807) is 0 Å². The number of ether oxygens (including phenoxy) is 3. The van der Waals surface area contributed by atoms with Crippen LogP contribution in [0.2, 0.25) is 0 Å².